The Kier molecular flexibility index (Phi) is 5.28. The molecule has 7 nitrogen and oxygen atoms in total. The third-order valence-corrected chi connectivity index (χ3v) is 3.91. The number of thiazole rings is 1. The van der Waals surface area contributed by atoms with Crippen molar-refractivity contribution in [3.05, 3.63) is 17.0 Å². The number of nitrogen functional groups attached to an aromatic ring is 1. The summed E-state index contributed by atoms with van der Waals surface area (Å²) in [5.41, 5.74) is 6.80. The maximum atomic E-state index is 12.1. The summed E-state index contributed by atoms with van der Waals surface area (Å²) < 4.78 is 21.0. The van der Waals surface area contributed by atoms with Gasteiger partial charge >= 0.3 is 5.97 Å². The van der Waals surface area contributed by atoms with Crippen LogP contribution >= 0.6 is 11.3 Å². The van der Waals surface area contributed by atoms with Gasteiger partial charge in [0.2, 0.25) is 5.75 Å². The maximum Gasteiger partial charge on any atom is 0.350 e. The van der Waals surface area contributed by atoms with Crippen LogP contribution in [0.5, 0.6) is 17.2 Å². The van der Waals surface area contributed by atoms with Crippen LogP contribution in [0.1, 0.15) is 16.6 Å². The highest BCUT2D eigenvalue weighted by Gasteiger charge is 2.22. The van der Waals surface area contributed by atoms with Crippen LogP contribution in [0.3, 0.4) is 0 Å². The van der Waals surface area contributed by atoms with E-state index in [1.165, 1.54) is 21.3 Å². The van der Waals surface area contributed by atoms with Crippen molar-refractivity contribution in [2.24, 2.45) is 0 Å². The zero-order chi connectivity index (χ0) is 17.0. The molecule has 0 fully saturated rings. The summed E-state index contributed by atoms with van der Waals surface area (Å²) in [5, 5.41) is 0.275. The fourth-order valence-corrected chi connectivity index (χ4v) is 2.83. The molecule has 1 heterocycles. The van der Waals surface area contributed by atoms with Crippen molar-refractivity contribution >= 4 is 22.4 Å². The minimum atomic E-state index is -0.467. The van der Waals surface area contributed by atoms with Crippen molar-refractivity contribution in [1.29, 1.82) is 0 Å². The summed E-state index contributed by atoms with van der Waals surface area (Å²) in [6.07, 6.45) is 0. The summed E-state index contributed by atoms with van der Waals surface area (Å²) in [4.78, 5) is 16.7. The molecule has 0 aliphatic carbocycles. The van der Waals surface area contributed by atoms with E-state index in [0.29, 0.717) is 33.4 Å². The van der Waals surface area contributed by atoms with Crippen LogP contribution in [0.2, 0.25) is 0 Å². The Bertz CT molecular complexity index is 689. The molecule has 0 atom stereocenters. The number of benzene rings is 1. The molecule has 0 bridgehead atoms. The molecule has 2 rings (SSSR count). The first-order valence-corrected chi connectivity index (χ1v) is 7.61. The Balaban J connectivity index is 2.60. The Morgan fingerprint density at radius 1 is 1.17 bits per heavy atom. The Morgan fingerprint density at radius 2 is 1.78 bits per heavy atom. The predicted octanol–water partition coefficient (Wildman–Crippen LogP) is 2.59. The quantitative estimate of drug-likeness (QED) is 0.809. The SMILES string of the molecule is CCOC(=O)c1sc(N)nc1-c1cc(OC)c(OC)c(OC)c1. The van der Waals surface area contributed by atoms with Crippen molar-refractivity contribution in [3.8, 4) is 28.5 Å². The van der Waals surface area contributed by atoms with Gasteiger partial charge in [-0.15, -0.1) is 0 Å². The molecule has 0 saturated carbocycles. The summed E-state index contributed by atoms with van der Waals surface area (Å²) in [6, 6.07) is 3.41. The van der Waals surface area contributed by atoms with E-state index >= 15 is 0 Å². The van der Waals surface area contributed by atoms with Gasteiger partial charge in [-0.3, -0.25) is 0 Å². The number of esters is 1. The van der Waals surface area contributed by atoms with Crippen LogP contribution < -0.4 is 19.9 Å². The molecular weight excluding hydrogens is 320 g/mol. The zero-order valence-electron chi connectivity index (χ0n) is 13.3. The second-order valence-electron chi connectivity index (χ2n) is 4.36. The van der Waals surface area contributed by atoms with Gasteiger partial charge in [0.15, 0.2) is 16.6 Å². The minimum absolute atomic E-state index is 0.269. The molecule has 0 spiro atoms. The van der Waals surface area contributed by atoms with Crippen LogP contribution in [-0.2, 0) is 4.74 Å². The fourth-order valence-electron chi connectivity index (χ4n) is 2.09. The smallest absolute Gasteiger partial charge is 0.350 e. The van der Waals surface area contributed by atoms with E-state index in [1.54, 1.807) is 19.1 Å². The number of carbonyl (C=O) groups excluding carboxylic acids is 1. The number of hydrogen-bond acceptors (Lipinski definition) is 8. The summed E-state index contributed by atoms with van der Waals surface area (Å²) in [5.74, 6) is 0.913. The second-order valence-corrected chi connectivity index (χ2v) is 5.39. The van der Waals surface area contributed by atoms with Crippen LogP contribution in [0, 0.1) is 0 Å². The van der Waals surface area contributed by atoms with E-state index in [-0.39, 0.29) is 11.7 Å². The number of methoxy groups -OCH3 is 3. The average Bonchev–Trinajstić information content (AvgIpc) is 2.95. The molecule has 0 aliphatic rings. The highest BCUT2D eigenvalue weighted by molar-refractivity contribution is 7.17. The van der Waals surface area contributed by atoms with E-state index in [4.69, 9.17) is 24.7 Å². The van der Waals surface area contributed by atoms with Gasteiger partial charge in [-0.25, -0.2) is 9.78 Å². The normalized spacial score (nSPS) is 10.3. The fraction of sp³-hybridized carbons (Fsp3) is 0.333. The number of carbonyl (C=O) groups is 1. The number of ether oxygens (including phenoxy) is 4. The first kappa shape index (κ1) is 16.9. The second kappa shape index (κ2) is 7.19. The molecule has 2 N–H and O–H groups in total. The molecule has 0 unspecified atom stereocenters. The van der Waals surface area contributed by atoms with Gasteiger partial charge in [-0.05, 0) is 19.1 Å². The number of nitrogens with zero attached hydrogens (tertiary/aromatic N) is 1. The van der Waals surface area contributed by atoms with Crippen molar-refractivity contribution < 1.29 is 23.7 Å². The molecule has 0 saturated heterocycles. The minimum Gasteiger partial charge on any atom is -0.493 e. The monoisotopic (exact) mass is 338 g/mol. The first-order valence-electron chi connectivity index (χ1n) is 6.79. The topological polar surface area (TPSA) is 92.9 Å². The molecule has 8 heteroatoms. The van der Waals surface area contributed by atoms with Gasteiger partial charge in [0.05, 0.1) is 33.6 Å². The Labute approximate surface area is 137 Å². The van der Waals surface area contributed by atoms with Crippen LogP contribution in [0.15, 0.2) is 12.1 Å². The maximum absolute atomic E-state index is 12.1. The molecular formula is C15H18N2O5S. The van der Waals surface area contributed by atoms with Gasteiger partial charge in [0.1, 0.15) is 4.88 Å². The van der Waals surface area contributed by atoms with E-state index in [2.05, 4.69) is 4.98 Å². The number of nitrogens with two attached hydrogens (primary N) is 1. The largest absolute Gasteiger partial charge is 0.493 e. The summed E-state index contributed by atoms with van der Waals surface area (Å²) in [6.45, 7) is 2.01. The molecule has 0 aliphatic heterocycles. The molecule has 23 heavy (non-hydrogen) atoms. The standard InChI is InChI=1S/C15H18N2O5S/c1-5-22-14(18)13-11(17-15(16)23-13)8-6-9(19-2)12(21-4)10(7-8)20-3/h6-7H,5H2,1-4H3,(H2,16,17). The van der Waals surface area contributed by atoms with Gasteiger partial charge in [0, 0.05) is 5.56 Å². The molecule has 0 radical (unpaired) electrons. The van der Waals surface area contributed by atoms with Crippen molar-refractivity contribution in [2.75, 3.05) is 33.7 Å². The van der Waals surface area contributed by atoms with Crippen molar-refractivity contribution in [2.45, 2.75) is 6.92 Å². The highest BCUT2D eigenvalue weighted by atomic mass is 32.1. The third kappa shape index (κ3) is 3.31. The van der Waals surface area contributed by atoms with Crippen molar-refractivity contribution in [3.63, 3.8) is 0 Å². The average molecular weight is 338 g/mol. The Morgan fingerprint density at radius 3 is 2.26 bits per heavy atom. The van der Waals surface area contributed by atoms with E-state index < -0.39 is 5.97 Å². The number of aromatic nitrogens is 1. The molecule has 124 valence electrons. The van der Waals surface area contributed by atoms with Gasteiger partial charge in [0.25, 0.3) is 0 Å². The van der Waals surface area contributed by atoms with Gasteiger partial charge in [-0.1, -0.05) is 11.3 Å². The Hall–Kier alpha value is -2.48. The van der Waals surface area contributed by atoms with Crippen molar-refractivity contribution in [1.82, 2.24) is 4.98 Å². The lowest BCUT2D eigenvalue weighted by Gasteiger charge is -2.13. The zero-order valence-corrected chi connectivity index (χ0v) is 14.2. The molecule has 1 aromatic heterocycles. The predicted molar refractivity (Wildman–Crippen MR) is 87.6 cm³/mol. The van der Waals surface area contributed by atoms with E-state index in [9.17, 15) is 4.79 Å². The van der Waals surface area contributed by atoms with E-state index in [1.807, 2.05) is 0 Å². The van der Waals surface area contributed by atoms with Crippen LogP contribution in [0.4, 0.5) is 5.13 Å². The van der Waals surface area contributed by atoms with Gasteiger partial charge < -0.3 is 24.7 Å². The summed E-state index contributed by atoms with van der Waals surface area (Å²) in [7, 11) is 4.55. The number of hydrogen-bond donors (Lipinski definition) is 1. The van der Waals surface area contributed by atoms with Crippen LogP contribution in [0.25, 0.3) is 11.3 Å². The lowest BCUT2D eigenvalue weighted by Crippen LogP contribution is -2.04. The first-order chi connectivity index (χ1) is 11.0. The molecule has 1 aromatic carbocycles. The lowest BCUT2D eigenvalue weighted by atomic mass is 10.1. The van der Waals surface area contributed by atoms with E-state index in [0.717, 1.165) is 11.3 Å². The summed E-state index contributed by atoms with van der Waals surface area (Å²) >= 11 is 1.07. The van der Waals surface area contributed by atoms with Gasteiger partial charge in [-0.2, -0.15) is 0 Å². The number of rotatable bonds is 6. The van der Waals surface area contributed by atoms with Crippen LogP contribution in [-0.4, -0.2) is 38.9 Å². The molecule has 2 aromatic rings. The number of anilines is 1. The lowest BCUT2D eigenvalue weighted by molar-refractivity contribution is 0.0532. The molecule has 0 amide bonds. The third-order valence-electron chi connectivity index (χ3n) is 3.04. The highest BCUT2D eigenvalue weighted by Crippen LogP contribution is 2.42.